The number of benzene rings is 1. The molecule has 3 rings (SSSR count). The Morgan fingerprint density at radius 2 is 1.79 bits per heavy atom. The molecule has 2 aliphatic rings. The molecule has 2 N–H and O–H groups in total. The Morgan fingerprint density at radius 1 is 1.21 bits per heavy atom. The second-order valence-corrected chi connectivity index (χ2v) is 5.99. The summed E-state index contributed by atoms with van der Waals surface area (Å²) in [5.74, 6) is -0.591. The Hall–Kier alpha value is -2.15. The van der Waals surface area contributed by atoms with Gasteiger partial charge in [-0.3, -0.25) is 4.79 Å². The van der Waals surface area contributed by atoms with Gasteiger partial charge in [-0.25, -0.2) is 0 Å². The second kappa shape index (κ2) is 3.92. The molecule has 0 aromatic heterocycles. The molecule has 0 fully saturated rings. The third kappa shape index (κ3) is 1.82. The number of rotatable bonds is 1. The molecule has 6 nitrogen and oxygen atoms in total. The van der Waals surface area contributed by atoms with Crippen molar-refractivity contribution in [3.63, 3.8) is 0 Å². The molecule has 0 spiro atoms. The summed E-state index contributed by atoms with van der Waals surface area (Å²) in [4.78, 5) is 13.3. The summed E-state index contributed by atoms with van der Waals surface area (Å²) in [5, 5.41) is 0. The molecule has 0 saturated carbocycles. The fourth-order valence-electron chi connectivity index (χ4n) is 2.24. The van der Waals surface area contributed by atoms with Crippen LogP contribution >= 0.6 is 0 Å². The molecule has 0 bridgehead atoms. The Balaban J connectivity index is 1.91. The van der Waals surface area contributed by atoms with Crippen LogP contribution in [-0.2, 0) is 27.9 Å². The van der Waals surface area contributed by atoms with Gasteiger partial charge < -0.3 is 10.6 Å². The lowest BCUT2D eigenvalue weighted by atomic mass is 10.1. The highest BCUT2D eigenvalue weighted by Crippen LogP contribution is 2.27. The number of sulfonamides is 1. The lowest BCUT2D eigenvalue weighted by Crippen LogP contribution is -2.30. The average molecular weight is 277 g/mol. The lowest BCUT2D eigenvalue weighted by Gasteiger charge is -2.15. The highest BCUT2D eigenvalue weighted by molar-refractivity contribution is 7.95. The summed E-state index contributed by atoms with van der Waals surface area (Å²) in [5.41, 5.74) is 7.48. The maximum Gasteiger partial charge on any atom is 0.289 e. The SMILES string of the molecule is NC1=C(C(=O)N2Cc3ccccc3C2)S(=O)(=O)N=C1. The van der Waals surface area contributed by atoms with E-state index in [1.165, 1.54) is 4.90 Å². The number of hydrogen-bond acceptors (Lipinski definition) is 4. The molecule has 0 unspecified atom stereocenters. The molecular weight excluding hydrogens is 266 g/mol. The average Bonchev–Trinajstić information content (AvgIpc) is 2.90. The van der Waals surface area contributed by atoms with Crippen LogP contribution in [-0.4, -0.2) is 25.4 Å². The van der Waals surface area contributed by atoms with Gasteiger partial charge in [0.1, 0.15) is 0 Å². The van der Waals surface area contributed by atoms with Gasteiger partial charge >= 0.3 is 0 Å². The molecule has 0 radical (unpaired) electrons. The normalized spacial score (nSPS) is 19.9. The van der Waals surface area contributed by atoms with Crippen LogP contribution in [0.5, 0.6) is 0 Å². The zero-order valence-corrected chi connectivity index (χ0v) is 10.7. The van der Waals surface area contributed by atoms with E-state index in [1.54, 1.807) is 0 Å². The van der Waals surface area contributed by atoms with Crippen molar-refractivity contribution in [3.05, 3.63) is 46.0 Å². The van der Waals surface area contributed by atoms with Gasteiger partial charge in [-0.1, -0.05) is 24.3 Å². The Kier molecular flexibility index (Phi) is 2.46. The van der Waals surface area contributed by atoms with E-state index in [2.05, 4.69) is 4.40 Å². The first-order valence-corrected chi connectivity index (χ1v) is 7.09. The van der Waals surface area contributed by atoms with Crippen molar-refractivity contribution < 1.29 is 13.2 Å². The van der Waals surface area contributed by atoms with E-state index in [0.29, 0.717) is 13.1 Å². The minimum absolute atomic E-state index is 0.0963. The number of fused-ring (bicyclic) bond motifs is 1. The van der Waals surface area contributed by atoms with Crippen LogP contribution in [0, 0.1) is 0 Å². The largest absolute Gasteiger partial charge is 0.396 e. The quantitative estimate of drug-likeness (QED) is 0.788. The number of hydrogen-bond donors (Lipinski definition) is 1. The lowest BCUT2D eigenvalue weighted by molar-refractivity contribution is -0.127. The van der Waals surface area contributed by atoms with Gasteiger partial charge in [0.25, 0.3) is 15.9 Å². The fraction of sp³-hybridized carbons (Fsp3) is 0.167. The minimum atomic E-state index is -3.93. The predicted molar refractivity (Wildman–Crippen MR) is 69.3 cm³/mol. The van der Waals surface area contributed by atoms with Gasteiger partial charge in [0.15, 0.2) is 4.91 Å². The topological polar surface area (TPSA) is 92.8 Å². The molecule has 0 aliphatic carbocycles. The number of amides is 1. The number of nitrogens with two attached hydrogens (primary N) is 1. The van der Waals surface area contributed by atoms with Crippen molar-refractivity contribution in [2.45, 2.75) is 13.1 Å². The molecule has 7 heteroatoms. The second-order valence-electron chi connectivity index (χ2n) is 4.42. The van der Waals surface area contributed by atoms with E-state index < -0.39 is 20.8 Å². The molecule has 0 atom stereocenters. The van der Waals surface area contributed by atoms with E-state index in [1.807, 2.05) is 24.3 Å². The standard InChI is InChI=1S/C12H11N3O3S/c13-10-5-14-19(17,18)11(10)12(16)15-6-8-3-1-2-4-9(8)7-15/h1-5H,6-7,13H2. The van der Waals surface area contributed by atoms with E-state index >= 15 is 0 Å². The molecule has 98 valence electrons. The van der Waals surface area contributed by atoms with Crippen molar-refractivity contribution in [2.75, 3.05) is 0 Å². The van der Waals surface area contributed by atoms with Crippen LogP contribution in [0.25, 0.3) is 0 Å². The Bertz CT molecular complexity index is 709. The number of carbonyl (C=O) groups excluding carboxylic acids is 1. The van der Waals surface area contributed by atoms with Crippen LogP contribution in [0.2, 0.25) is 0 Å². The van der Waals surface area contributed by atoms with Gasteiger partial charge in [-0.2, -0.15) is 12.8 Å². The molecule has 0 saturated heterocycles. The summed E-state index contributed by atoms with van der Waals surface area (Å²) in [6.45, 7) is 0.780. The highest BCUT2D eigenvalue weighted by atomic mass is 32.2. The summed E-state index contributed by atoms with van der Waals surface area (Å²) in [7, 11) is -3.93. The van der Waals surface area contributed by atoms with Crippen LogP contribution < -0.4 is 5.73 Å². The van der Waals surface area contributed by atoms with Gasteiger partial charge in [-0.05, 0) is 11.1 Å². The van der Waals surface area contributed by atoms with Crippen LogP contribution in [0.4, 0.5) is 0 Å². The first-order chi connectivity index (χ1) is 8.99. The monoisotopic (exact) mass is 277 g/mol. The van der Waals surface area contributed by atoms with E-state index in [4.69, 9.17) is 5.73 Å². The first kappa shape index (κ1) is 11.9. The first-order valence-electron chi connectivity index (χ1n) is 5.65. The Morgan fingerprint density at radius 3 is 2.26 bits per heavy atom. The van der Waals surface area contributed by atoms with Crippen LogP contribution in [0.3, 0.4) is 0 Å². The van der Waals surface area contributed by atoms with Crippen LogP contribution in [0.1, 0.15) is 11.1 Å². The van der Waals surface area contributed by atoms with Crippen LogP contribution in [0.15, 0.2) is 39.3 Å². The van der Waals surface area contributed by atoms with E-state index in [9.17, 15) is 13.2 Å². The zero-order valence-electron chi connectivity index (χ0n) is 9.91. The van der Waals surface area contributed by atoms with Gasteiger partial charge in [-0.15, -0.1) is 0 Å². The highest BCUT2D eigenvalue weighted by Gasteiger charge is 2.36. The molecule has 1 aromatic carbocycles. The van der Waals surface area contributed by atoms with E-state index in [0.717, 1.165) is 17.3 Å². The maximum absolute atomic E-state index is 12.3. The molecule has 19 heavy (non-hydrogen) atoms. The maximum atomic E-state index is 12.3. The van der Waals surface area contributed by atoms with Crippen molar-refractivity contribution in [1.82, 2.24) is 4.90 Å². The van der Waals surface area contributed by atoms with E-state index in [-0.39, 0.29) is 5.70 Å². The predicted octanol–water partition coefficient (Wildman–Crippen LogP) is 0.113. The minimum Gasteiger partial charge on any atom is -0.396 e. The molecule has 2 heterocycles. The summed E-state index contributed by atoms with van der Waals surface area (Å²) in [6, 6.07) is 7.60. The number of nitrogens with zero attached hydrogens (tertiary/aromatic N) is 2. The number of allylic oxidation sites excluding steroid dienone is 1. The molecular formula is C12H11N3O3S. The molecule has 2 aliphatic heterocycles. The molecule has 1 aromatic rings. The van der Waals surface area contributed by atoms with Crippen molar-refractivity contribution in [3.8, 4) is 0 Å². The van der Waals surface area contributed by atoms with Gasteiger partial charge in [0.05, 0.1) is 11.9 Å². The van der Waals surface area contributed by atoms with Crippen molar-refractivity contribution in [1.29, 1.82) is 0 Å². The van der Waals surface area contributed by atoms with Crippen molar-refractivity contribution >= 4 is 22.1 Å². The summed E-state index contributed by atoms with van der Waals surface area (Å²) in [6.07, 6.45) is 1.01. The Labute approximate surface area is 110 Å². The number of carbonyl (C=O) groups is 1. The van der Waals surface area contributed by atoms with Gasteiger partial charge in [0.2, 0.25) is 0 Å². The fourth-order valence-corrected chi connectivity index (χ4v) is 3.30. The molecule has 1 amide bonds. The van der Waals surface area contributed by atoms with Gasteiger partial charge in [0, 0.05) is 13.1 Å². The third-order valence-corrected chi connectivity index (χ3v) is 4.48. The zero-order chi connectivity index (χ0) is 13.6. The summed E-state index contributed by atoms with van der Waals surface area (Å²) < 4.78 is 26.6. The van der Waals surface area contributed by atoms with Crippen molar-refractivity contribution in [2.24, 2.45) is 10.1 Å². The smallest absolute Gasteiger partial charge is 0.289 e. The summed E-state index contributed by atoms with van der Waals surface area (Å²) >= 11 is 0. The third-order valence-electron chi connectivity index (χ3n) is 3.17.